The number of hydrogen-bond donors (Lipinski definition) is 0. The first-order valence-electron chi connectivity index (χ1n) is 9.43. The molecule has 156 valence electrons. The summed E-state index contributed by atoms with van der Waals surface area (Å²) < 4.78 is 26.0. The molecule has 0 aliphatic carbocycles. The topological polar surface area (TPSA) is 43.5 Å². The second-order valence-corrected chi connectivity index (χ2v) is 10.5. The van der Waals surface area contributed by atoms with Crippen LogP contribution in [0.1, 0.15) is 30.4 Å². The molecular weight excluding hydrogens is 636 g/mol. The Bertz CT molecular complexity index is 779. The molecule has 0 radical (unpaired) electrons. The second kappa shape index (κ2) is 9.57. The average molecular weight is 656 g/mol. The van der Waals surface area contributed by atoms with E-state index >= 15 is 0 Å². The number of hydrogen-bond acceptors (Lipinski definition) is 4. The maximum Gasteiger partial charge on any atom is 0.147 e. The van der Waals surface area contributed by atoms with Crippen LogP contribution in [0.2, 0.25) is 0 Å². The highest BCUT2D eigenvalue weighted by molar-refractivity contribution is 9.11. The van der Waals surface area contributed by atoms with Gasteiger partial charge in [0.25, 0.3) is 0 Å². The molecule has 2 saturated heterocycles. The summed E-state index contributed by atoms with van der Waals surface area (Å²) in [6.07, 6.45) is 1.40. The van der Waals surface area contributed by atoms with Gasteiger partial charge in [0.1, 0.15) is 36.9 Å². The van der Waals surface area contributed by atoms with E-state index in [9.17, 15) is 0 Å². The normalized spacial score (nSPS) is 21.0. The molecule has 0 N–H and O–H groups in total. The van der Waals surface area contributed by atoms with Crippen molar-refractivity contribution in [1.82, 2.24) is 0 Å². The lowest BCUT2D eigenvalue weighted by molar-refractivity contribution is 0.260. The maximum atomic E-state index is 5.91. The molecule has 0 bridgehead atoms. The van der Waals surface area contributed by atoms with Gasteiger partial charge >= 0.3 is 0 Å². The van der Waals surface area contributed by atoms with Gasteiger partial charge in [-0.05, 0) is 106 Å². The van der Waals surface area contributed by atoms with E-state index in [2.05, 4.69) is 94.9 Å². The predicted molar refractivity (Wildman–Crippen MR) is 126 cm³/mol. The van der Waals surface area contributed by atoms with Crippen LogP contribution in [0, 0.1) is 0 Å². The van der Waals surface area contributed by atoms with E-state index in [0.29, 0.717) is 13.2 Å². The van der Waals surface area contributed by atoms with Gasteiger partial charge < -0.3 is 18.9 Å². The molecule has 2 aliphatic heterocycles. The molecular formula is C21H20Br4O4. The fraction of sp³-hybridized carbons (Fsp3) is 0.429. The van der Waals surface area contributed by atoms with Crippen LogP contribution in [0.25, 0.3) is 0 Å². The van der Waals surface area contributed by atoms with Crippen LogP contribution in [-0.4, -0.2) is 38.6 Å². The van der Waals surface area contributed by atoms with Gasteiger partial charge in [0.2, 0.25) is 0 Å². The van der Waals surface area contributed by atoms with Crippen molar-refractivity contribution in [2.24, 2.45) is 0 Å². The Morgan fingerprint density at radius 3 is 1.41 bits per heavy atom. The second-order valence-electron chi connectivity index (χ2n) is 7.12. The summed E-state index contributed by atoms with van der Waals surface area (Å²) in [5.74, 6) is 1.86. The van der Waals surface area contributed by atoms with Gasteiger partial charge in [0.05, 0.1) is 31.1 Å². The Hall–Kier alpha value is -0.120. The van der Waals surface area contributed by atoms with Crippen molar-refractivity contribution in [2.45, 2.75) is 31.5 Å². The quantitative estimate of drug-likeness (QED) is 0.278. The third-order valence-electron chi connectivity index (χ3n) is 4.89. The summed E-state index contributed by atoms with van der Waals surface area (Å²) in [6.45, 7) is 4.89. The molecule has 4 rings (SSSR count). The van der Waals surface area contributed by atoms with E-state index in [0.717, 1.165) is 49.0 Å². The van der Waals surface area contributed by atoms with Crippen LogP contribution in [0.3, 0.4) is 0 Å². The number of benzene rings is 2. The van der Waals surface area contributed by atoms with Crippen LogP contribution in [0.15, 0.2) is 42.2 Å². The van der Waals surface area contributed by atoms with Gasteiger partial charge in [-0.1, -0.05) is 6.92 Å². The van der Waals surface area contributed by atoms with Gasteiger partial charge in [-0.25, -0.2) is 0 Å². The number of rotatable bonds is 9. The standard InChI is InChI=1S/C21H20Br4O4/c1-2-15(11-3-16(22)20(17(23)4-11)28-9-13-7-26-13)12-5-18(24)21(19(25)6-12)29-10-14-8-27-14/h3-6,13-15H,2,7-10H2,1H3. The van der Waals surface area contributed by atoms with E-state index in [1.807, 2.05) is 0 Å². The minimum Gasteiger partial charge on any atom is -0.488 e. The monoisotopic (exact) mass is 652 g/mol. The molecule has 0 spiro atoms. The van der Waals surface area contributed by atoms with E-state index in [-0.39, 0.29) is 18.1 Å². The first-order chi connectivity index (χ1) is 14.0. The Balaban J connectivity index is 1.57. The van der Waals surface area contributed by atoms with Crippen LogP contribution in [0.4, 0.5) is 0 Å². The van der Waals surface area contributed by atoms with Crippen molar-refractivity contribution >= 4 is 63.7 Å². The van der Waals surface area contributed by atoms with Crippen LogP contribution in [-0.2, 0) is 9.47 Å². The molecule has 0 saturated carbocycles. The van der Waals surface area contributed by atoms with E-state index in [1.165, 1.54) is 11.1 Å². The lowest BCUT2D eigenvalue weighted by atomic mass is 9.89. The summed E-state index contributed by atoms with van der Waals surface area (Å²) >= 11 is 14.7. The first kappa shape index (κ1) is 22.1. The van der Waals surface area contributed by atoms with E-state index in [4.69, 9.17) is 18.9 Å². The molecule has 4 nitrogen and oxygen atoms in total. The molecule has 0 amide bonds. The molecule has 29 heavy (non-hydrogen) atoms. The predicted octanol–water partition coefficient (Wildman–Crippen LogP) is 6.83. The lowest BCUT2D eigenvalue weighted by Gasteiger charge is -2.20. The smallest absolute Gasteiger partial charge is 0.147 e. The fourth-order valence-electron chi connectivity index (χ4n) is 3.18. The van der Waals surface area contributed by atoms with Gasteiger partial charge in [-0.3, -0.25) is 0 Å². The fourth-order valence-corrected chi connectivity index (χ4v) is 6.08. The molecule has 2 aromatic carbocycles. The summed E-state index contributed by atoms with van der Waals surface area (Å²) in [6, 6.07) is 8.55. The van der Waals surface area contributed by atoms with Crippen molar-refractivity contribution in [3.05, 3.63) is 53.3 Å². The molecule has 2 unspecified atom stereocenters. The van der Waals surface area contributed by atoms with Gasteiger partial charge in [-0.2, -0.15) is 0 Å². The summed E-state index contributed by atoms with van der Waals surface area (Å²) in [4.78, 5) is 0. The largest absolute Gasteiger partial charge is 0.488 e. The Kier molecular flexibility index (Phi) is 7.29. The zero-order chi connectivity index (χ0) is 20.5. The lowest BCUT2D eigenvalue weighted by Crippen LogP contribution is -2.07. The molecule has 2 aliphatic rings. The third kappa shape index (κ3) is 5.57. The van der Waals surface area contributed by atoms with E-state index in [1.54, 1.807) is 0 Å². The van der Waals surface area contributed by atoms with Crippen molar-refractivity contribution in [3.63, 3.8) is 0 Å². The number of epoxide rings is 2. The minimum absolute atomic E-state index is 0.221. The number of ether oxygens (including phenoxy) is 4. The van der Waals surface area contributed by atoms with Crippen molar-refractivity contribution in [2.75, 3.05) is 26.4 Å². The minimum atomic E-state index is 0.221. The van der Waals surface area contributed by atoms with Crippen LogP contribution in [0.5, 0.6) is 11.5 Å². The molecule has 2 aromatic rings. The van der Waals surface area contributed by atoms with Crippen molar-refractivity contribution in [3.8, 4) is 11.5 Å². The maximum absolute atomic E-state index is 5.91. The Morgan fingerprint density at radius 1 is 0.793 bits per heavy atom. The van der Waals surface area contributed by atoms with Crippen molar-refractivity contribution in [1.29, 1.82) is 0 Å². The zero-order valence-corrected chi connectivity index (χ0v) is 22.1. The summed E-state index contributed by atoms with van der Waals surface area (Å²) in [5.41, 5.74) is 2.42. The van der Waals surface area contributed by atoms with Gasteiger partial charge in [0, 0.05) is 5.92 Å². The van der Waals surface area contributed by atoms with Crippen molar-refractivity contribution < 1.29 is 18.9 Å². The first-order valence-corrected chi connectivity index (χ1v) is 12.6. The number of halogens is 4. The van der Waals surface area contributed by atoms with Crippen LogP contribution >= 0.6 is 63.7 Å². The summed E-state index contributed by atoms with van der Waals surface area (Å²) in [7, 11) is 0. The molecule has 2 heterocycles. The average Bonchev–Trinajstić information content (AvgIpc) is 3.56. The zero-order valence-electron chi connectivity index (χ0n) is 15.7. The Morgan fingerprint density at radius 2 is 1.14 bits per heavy atom. The SMILES string of the molecule is CCC(c1cc(Br)c(OCC2CO2)c(Br)c1)c1cc(Br)c(OCC2CO2)c(Br)c1. The Labute approximate surface area is 204 Å². The van der Waals surface area contributed by atoms with E-state index < -0.39 is 0 Å². The highest BCUT2D eigenvalue weighted by atomic mass is 79.9. The molecule has 2 atom stereocenters. The third-order valence-corrected chi connectivity index (χ3v) is 7.24. The highest BCUT2D eigenvalue weighted by Gasteiger charge is 2.26. The molecule has 0 aromatic heterocycles. The molecule has 2 fully saturated rings. The molecule has 8 heteroatoms. The van der Waals surface area contributed by atoms with Gasteiger partial charge in [0.15, 0.2) is 0 Å². The van der Waals surface area contributed by atoms with Crippen LogP contribution < -0.4 is 9.47 Å². The van der Waals surface area contributed by atoms with Gasteiger partial charge in [-0.15, -0.1) is 0 Å². The highest BCUT2D eigenvalue weighted by Crippen LogP contribution is 2.43. The summed E-state index contributed by atoms with van der Waals surface area (Å²) in [5, 5.41) is 0.